The summed E-state index contributed by atoms with van der Waals surface area (Å²) in [7, 11) is -3.20. The van der Waals surface area contributed by atoms with Crippen molar-refractivity contribution in [1.82, 2.24) is 0 Å². The Labute approximate surface area is 339 Å². The van der Waals surface area contributed by atoms with Crippen LogP contribution in [0.5, 0.6) is 0 Å². The Morgan fingerprint density at radius 1 is 0.491 bits per heavy atom. The van der Waals surface area contributed by atoms with E-state index in [1.165, 1.54) is 154 Å². The molecule has 0 aliphatic heterocycles. The van der Waals surface area contributed by atoms with E-state index in [-0.39, 0.29) is 25.4 Å². The first-order chi connectivity index (χ1) is 26.8. The Morgan fingerprint density at radius 3 is 1.18 bits per heavy atom. The Hall–Kier alpha value is -1.47. The zero-order valence-electron chi connectivity index (χ0n) is 36.1. The zero-order valence-corrected chi connectivity index (χ0v) is 37.0. The smallest absolute Gasteiger partial charge is 0.462 e. The van der Waals surface area contributed by atoms with Crippen LogP contribution in [-0.2, 0) is 32.7 Å². The van der Waals surface area contributed by atoms with Crippen molar-refractivity contribution in [3.05, 3.63) is 24.3 Å². The van der Waals surface area contributed by atoms with Gasteiger partial charge in [0.15, 0.2) is 6.10 Å². The highest BCUT2D eigenvalue weighted by molar-refractivity contribution is 7.47. The van der Waals surface area contributed by atoms with Crippen molar-refractivity contribution < 1.29 is 37.6 Å². The molecule has 0 saturated heterocycles. The first-order valence-electron chi connectivity index (χ1n) is 23.0. The van der Waals surface area contributed by atoms with Gasteiger partial charge in [-0.05, 0) is 64.2 Å². The topological polar surface area (TPSA) is 108 Å². The molecule has 0 radical (unpaired) electrons. The molecule has 9 heteroatoms. The fourth-order valence-corrected chi connectivity index (χ4v) is 7.05. The van der Waals surface area contributed by atoms with Crippen molar-refractivity contribution in [2.45, 2.75) is 238 Å². The highest BCUT2D eigenvalue weighted by Gasteiger charge is 2.24. The van der Waals surface area contributed by atoms with Crippen molar-refractivity contribution in [1.29, 1.82) is 0 Å². The molecule has 0 aliphatic rings. The lowest BCUT2D eigenvalue weighted by atomic mass is 10.1. The van der Waals surface area contributed by atoms with E-state index in [4.69, 9.17) is 14.0 Å². The highest BCUT2D eigenvalue weighted by Crippen LogP contribution is 2.42. The molecule has 0 aliphatic carbocycles. The molecule has 0 aromatic heterocycles. The molecule has 2 atom stereocenters. The Bertz CT molecular complexity index is 952. The van der Waals surface area contributed by atoms with E-state index in [1.807, 2.05) is 0 Å². The number of phosphoric acid groups is 1. The van der Waals surface area contributed by atoms with Crippen LogP contribution in [0.2, 0.25) is 0 Å². The number of allylic oxidation sites excluding steroid dienone is 4. The molecule has 0 rings (SSSR count). The second-order valence-corrected chi connectivity index (χ2v) is 17.1. The standard InChI is InChI=1S/C46H87O8P/c1-4-6-8-10-12-14-16-18-20-21-22-23-24-25-27-29-31-33-35-37-39-41-46(48)54-44(43-53-55(49,50)51-3)42-52-45(47)40-38-36-34-32-30-28-26-19-17-15-13-11-9-7-5-2/h19,21-22,26,44H,4-18,20,23-25,27-43H2,1-3H3,(H,49,50)/b22-21-,26-19-. The minimum absolute atomic E-state index is 0.227. The summed E-state index contributed by atoms with van der Waals surface area (Å²) in [6.07, 6.45) is 48.0. The molecule has 324 valence electrons. The first-order valence-corrected chi connectivity index (χ1v) is 24.5. The molecule has 8 nitrogen and oxygen atoms in total. The largest absolute Gasteiger partial charge is 0.472 e. The molecule has 2 unspecified atom stereocenters. The lowest BCUT2D eigenvalue weighted by Crippen LogP contribution is -2.29. The van der Waals surface area contributed by atoms with Gasteiger partial charge in [0.05, 0.1) is 6.61 Å². The average molecular weight is 799 g/mol. The second-order valence-electron chi connectivity index (χ2n) is 15.5. The highest BCUT2D eigenvalue weighted by atomic mass is 31.2. The van der Waals surface area contributed by atoms with Crippen molar-refractivity contribution in [2.75, 3.05) is 20.3 Å². The molecule has 0 fully saturated rings. The number of carbonyl (C=O) groups is 2. The molecule has 0 aromatic rings. The summed E-state index contributed by atoms with van der Waals surface area (Å²) >= 11 is 0. The maximum Gasteiger partial charge on any atom is 0.472 e. The summed E-state index contributed by atoms with van der Waals surface area (Å²) < 4.78 is 32.0. The first kappa shape index (κ1) is 53.5. The van der Waals surface area contributed by atoms with Gasteiger partial charge in [0.25, 0.3) is 0 Å². The van der Waals surface area contributed by atoms with Crippen molar-refractivity contribution in [3.8, 4) is 0 Å². The lowest BCUT2D eigenvalue weighted by molar-refractivity contribution is -0.161. The fraction of sp³-hybridized carbons (Fsp3) is 0.870. The zero-order chi connectivity index (χ0) is 40.3. The molecular formula is C46H87O8P. The Morgan fingerprint density at radius 2 is 0.818 bits per heavy atom. The summed E-state index contributed by atoms with van der Waals surface area (Å²) in [6.45, 7) is 3.90. The molecule has 0 spiro atoms. The second kappa shape index (κ2) is 42.1. The van der Waals surface area contributed by atoms with Crippen LogP contribution in [0, 0.1) is 0 Å². The third-order valence-electron chi connectivity index (χ3n) is 10.2. The minimum atomic E-state index is -4.26. The number of rotatable bonds is 43. The molecule has 0 saturated carbocycles. The molecule has 0 heterocycles. The maximum absolute atomic E-state index is 12.5. The molecule has 0 aromatic carbocycles. The van der Waals surface area contributed by atoms with Crippen LogP contribution in [0.1, 0.15) is 232 Å². The number of unbranched alkanes of at least 4 members (excludes halogenated alkanes) is 28. The van der Waals surface area contributed by atoms with Crippen molar-refractivity contribution in [3.63, 3.8) is 0 Å². The quantitative estimate of drug-likeness (QED) is 0.0281. The van der Waals surface area contributed by atoms with Crippen LogP contribution in [0.15, 0.2) is 24.3 Å². The Balaban J connectivity index is 3.94. The van der Waals surface area contributed by atoms with Gasteiger partial charge in [0.2, 0.25) is 0 Å². The van der Waals surface area contributed by atoms with Gasteiger partial charge in [-0.15, -0.1) is 0 Å². The van der Waals surface area contributed by atoms with Gasteiger partial charge in [-0.3, -0.25) is 18.6 Å². The molecule has 1 N–H and O–H groups in total. The van der Waals surface area contributed by atoms with Crippen LogP contribution < -0.4 is 0 Å². The van der Waals surface area contributed by atoms with E-state index in [0.29, 0.717) is 6.42 Å². The van der Waals surface area contributed by atoms with E-state index in [0.717, 1.165) is 52.1 Å². The van der Waals surface area contributed by atoms with Crippen LogP contribution in [-0.4, -0.2) is 43.3 Å². The van der Waals surface area contributed by atoms with Gasteiger partial charge in [0, 0.05) is 20.0 Å². The number of carbonyl (C=O) groups excluding carboxylic acids is 2. The summed E-state index contributed by atoms with van der Waals surface area (Å²) in [4.78, 5) is 34.5. The van der Waals surface area contributed by atoms with E-state index >= 15 is 0 Å². The lowest BCUT2D eigenvalue weighted by Gasteiger charge is -2.19. The number of phosphoric ester groups is 1. The summed E-state index contributed by atoms with van der Waals surface area (Å²) in [5, 5.41) is 0. The van der Waals surface area contributed by atoms with Crippen LogP contribution in [0.3, 0.4) is 0 Å². The molecule has 0 amide bonds. The van der Waals surface area contributed by atoms with Gasteiger partial charge < -0.3 is 14.4 Å². The third-order valence-corrected chi connectivity index (χ3v) is 11.1. The van der Waals surface area contributed by atoms with Gasteiger partial charge in [-0.25, -0.2) is 4.57 Å². The van der Waals surface area contributed by atoms with Crippen LogP contribution in [0.25, 0.3) is 0 Å². The summed E-state index contributed by atoms with van der Waals surface area (Å²) in [5.74, 6) is -0.808. The SMILES string of the molecule is CCCCCCCC/C=C\CCCCCCCC(=O)OCC(COP(=O)(O)OC)OC(=O)CCCCCCCCCCC/C=C\CCCCCCCCCC. The molecule has 0 bridgehead atoms. The van der Waals surface area contributed by atoms with Crippen LogP contribution >= 0.6 is 7.82 Å². The normalized spacial score (nSPS) is 13.5. The predicted molar refractivity (Wildman–Crippen MR) is 230 cm³/mol. The van der Waals surface area contributed by atoms with Crippen molar-refractivity contribution in [2.24, 2.45) is 0 Å². The molecular weight excluding hydrogens is 711 g/mol. The van der Waals surface area contributed by atoms with Crippen LogP contribution in [0.4, 0.5) is 0 Å². The molecule has 55 heavy (non-hydrogen) atoms. The summed E-state index contributed by atoms with van der Waals surface area (Å²) in [6, 6.07) is 0. The average Bonchev–Trinajstić information content (AvgIpc) is 3.18. The van der Waals surface area contributed by atoms with E-state index < -0.39 is 26.5 Å². The Kier molecular flexibility index (Phi) is 41.0. The fourth-order valence-electron chi connectivity index (χ4n) is 6.59. The number of hydrogen-bond donors (Lipinski definition) is 1. The maximum atomic E-state index is 12.5. The number of hydrogen-bond acceptors (Lipinski definition) is 7. The predicted octanol–water partition coefficient (Wildman–Crippen LogP) is 14.6. The van der Waals surface area contributed by atoms with E-state index in [1.54, 1.807) is 0 Å². The minimum Gasteiger partial charge on any atom is -0.462 e. The van der Waals surface area contributed by atoms with Gasteiger partial charge in [0.1, 0.15) is 6.61 Å². The van der Waals surface area contributed by atoms with Crippen molar-refractivity contribution >= 4 is 19.8 Å². The third kappa shape index (κ3) is 42.0. The van der Waals surface area contributed by atoms with Gasteiger partial charge >= 0.3 is 19.8 Å². The monoisotopic (exact) mass is 799 g/mol. The van der Waals surface area contributed by atoms with Gasteiger partial charge in [-0.1, -0.05) is 179 Å². The number of esters is 2. The number of ether oxygens (including phenoxy) is 2. The van der Waals surface area contributed by atoms with Gasteiger partial charge in [-0.2, -0.15) is 0 Å². The summed E-state index contributed by atoms with van der Waals surface area (Å²) in [5.41, 5.74) is 0. The van der Waals surface area contributed by atoms with E-state index in [9.17, 15) is 19.0 Å². The van der Waals surface area contributed by atoms with E-state index in [2.05, 4.69) is 42.7 Å².